The van der Waals surface area contributed by atoms with E-state index >= 15 is 0 Å². The molecule has 0 saturated carbocycles. The number of rotatable bonds is 8. The van der Waals surface area contributed by atoms with Crippen LogP contribution in [0.15, 0.2) is 48.5 Å². The van der Waals surface area contributed by atoms with Crippen LogP contribution in [0.1, 0.15) is 38.7 Å². The quantitative estimate of drug-likeness (QED) is 0.628. The van der Waals surface area contributed by atoms with E-state index in [4.69, 9.17) is 4.74 Å². The molecule has 1 amide bonds. The Balaban J connectivity index is 1.64. The van der Waals surface area contributed by atoms with Gasteiger partial charge in [-0.2, -0.15) is 0 Å². The van der Waals surface area contributed by atoms with Crippen molar-refractivity contribution in [3.8, 4) is 5.75 Å². The molecule has 0 aromatic heterocycles. The topological polar surface area (TPSA) is 53.0 Å². The van der Waals surface area contributed by atoms with Crippen LogP contribution >= 0.6 is 0 Å². The first-order chi connectivity index (χ1) is 14.4. The number of amides is 1. The molecule has 1 N–H and O–H groups in total. The van der Waals surface area contributed by atoms with Crippen molar-refractivity contribution in [2.24, 2.45) is 5.92 Å². The smallest absolute Gasteiger partial charge is 0.407 e. The van der Waals surface area contributed by atoms with Crippen LogP contribution in [0, 0.1) is 11.7 Å². The Hall–Kier alpha value is -2.76. The molecule has 2 aromatic rings. The molecule has 0 spiro atoms. The lowest BCUT2D eigenvalue weighted by molar-refractivity contribution is 0.131. The number of carboxylic acid groups (broad SMARTS) is 1. The molecule has 6 heteroatoms. The minimum atomic E-state index is -0.829. The van der Waals surface area contributed by atoms with Gasteiger partial charge in [0.2, 0.25) is 0 Å². The number of hydrogen-bond acceptors (Lipinski definition) is 3. The third-order valence-corrected chi connectivity index (χ3v) is 5.61. The maximum absolute atomic E-state index is 13.0. The maximum Gasteiger partial charge on any atom is 0.407 e. The fourth-order valence-electron chi connectivity index (χ4n) is 3.77. The van der Waals surface area contributed by atoms with Crippen LogP contribution in [0.25, 0.3) is 0 Å². The lowest BCUT2D eigenvalue weighted by Gasteiger charge is -2.39. The summed E-state index contributed by atoms with van der Waals surface area (Å²) in [4.78, 5) is 15.1. The molecule has 1 fully saturated rings. The van der Waals surface area contributed by atoms with Gasteiger partial charge in [-0.3, -0.25) is 0 Å². The van der Waals surface area contributed by atoms with Gasteiger partial charge in [-0.15, -0.1) is 0 Å². The summed E-state index contributed by atoms with van der Waals surface area (Å²) in [6.07, 6.45) is 1.94. The van der Waals surface area contributed by atoms with Gasteiger partial charge in [0.15, 0.2) is 0 Å². The zero-order valence-electron chi connectivity index (χ0n) is 17.8. The molecule has 0 unspecified atom stereocenters. The molecule has 30 heavy (non-hydrogen) atoms. The number of hydrogen-bond donors (Lipinski definition) is 1. The standard InChI is InChI=1S/C24H31FN2O3/c1-18(2)11-16-27(22-12-14-26(15-13-22)24(28)29)21-7-9-23(10-8-21)30-17-19-3-5-20(25)6-4-19/h3-10,18,22H,11-17H2,1-2H3,(H,28,29). The van der Waals surface area contributed by atoms with E-state index in [9.17, 15) is 14.3 Å². The van der Waals surface area contributed by atoms with Gasteiger partial charge in [0.1, 0.15) is 18.2 Å². The number of piperidine rings is 1. The molecule has 1 aliphatic heterocycles. The van der Waals surface area contributed by atoms with Crippen LogP contribution in [0.5, 0.6) is 5.75 Å². The van der Waals surface area contributed by atoms with E-state index in [0.29, 0.717) is 31.7 Å². The van der Waals surface area contributed by atoms with Crippen LogP contribution < -0.4 is 9.64 Å². The monoisotopic (exact) mass is 414 g/mol. The second-order valence-corrected chi connectivity index (χ2v) is 8.29. The third kappa shape index (κ3) is 6.12. The molecule has 0 radical (unpaired) electrons. The van der Waals surface area contributed by atoms with Crippen molar-refractivity contribution >= 4 is 11.8 Å². The Labute approximate surface area is 178 Å². The van der Waals surface area contributed by atoms with Crippen molar-refractivity contribution in [2.75, 3.05) is 24.5 Å². The van der Waals surface area contributed by atoms with E-state index in [-0.39, 0.29) is 5.82 Å². The van der Waals surface area contributed by atoms with E-state index in [1.54, 1.807) is 12.1 Å². The Morgan fingerprint density at radius 3 is 2.33 bits per heavy atom. The highest BCUT2D eigenvalue weighted by atomic mass is 19.1. The fraction of sp³-hybridized carbons (Fsp3) is 0.458. The third-order valence-electron chi connectivity index (χ3n) is 5.61. The van der Waals surface area contributed by atoms with Crippen molar-refractivity contribution in [3.05, 3.63) is 59.9 Å². The molecule has 1 saturated heterocycles. The maximum atomic E-state index is 13.0. The summed E-state index contributed by atoms with van der Waals surface area (Å²) in [6.45, 7) is 6.94. The Bertz CT molecular complexity index is 800. The minimum absolute atomic E-state index is 0.251. The number of carbonyl (C=O) groups is 1. The lowest BCUT2D eigenvalue weighted by Crippen LogP contribution is -2.47. The Kier molecular flexibility index (Phi) is 7.55. The molecule has 2 aromatic carbocycles. The molecule has 0 bridgehead atoms. The highest BCUT2D eigenvalue weighted by Gasteiger charge is 2.27. The van der Waals surface area contributed by atoms with Crippen LogP contribution in [0.4, 0.5) is 14.9 Å². The highest BCUT2D eigenvalue weighted by Crippen LogP contribution is 2.27. The normalized spacial score (nSPS) is 14.7. The SMILES string of the molecule is CC(C)CCN(c1ccc(OCc2ccc(F)cc2)cc1)C1CCN(C(=O)O)CC1. The van der Waals surface area contributed by atoms with Crippen molar-refractivity contribution in [1.82, 2.24) is 4.90 Å². The molecule has 0 atom stereocenters. The average molecular weight is 415 g/mol. The van der Waals surface area contributed by atoms with E-state index in [0.717, 1.165) is 42.8 Å². The highest BCUT2D eigenvalue weighted by molar-refractivity contribution is 5.65. The van der Waals surface area contributed by atoms with E-state index in [1.807, 2.05) is 12.1 Å². The van der Waals surface area contributed by atoms with Gasteiger partial charge in [-0.1, -0.05) is 26.0 Å². The van der Waals surface area contributed by atoms with Crippen molar-refractivity contribution in [1.29, 1.82) is 0 Å². The number of nitrogens with zero attached hydrogens (tertiary/aromatic N) is 2. The van der Waals surface area contributed by atoms with Gasteiger partial charge in [0, 0.05) is 31.4 Å². The van der Waals surface area contributed by atoms with E-state index in [2.05, 4.69) is 30.9 Å². The number of benzene rings is 2. The predicted molar refractivity (Wildman–Crippen MR) is 117 cm³/mol. The molecule has 3 rings (SSSR count). The molecule has 1 heterocycles. The van der Waals surface area contributed by atoms with Gasteiger partial charge < -0.3 is 19.6 Å². The van der Waals surface area contributed by atoms with Crippen LogP contribution in [0.3, 0.4) is 0 Å². The number of halogens is 1. The summed E-state index contributed by atoms with van der Waals surface area (Å²) in [6, 6.07) is 14.7. The lowest BCUT2D eigenvalue weighted by atomic mass is 10.0. The average Bonchev–Trinajstić information content (AvgIpc) is 2.74. The first-order valence-corrected chi connectivity index (χ1v) is 10.6. The first-order valence-electron chi connectivity index (χ1n) is 10.6. The number of likely N-dealkylation sites (tertiary alicyclic amines) is 1. The molecule has 162 valence electrons. The fourth-order valence-corrected chi connectivity index (χ4v) is 3.77. The van der Waals surface area contributed by atoms with Gasteiger partial charge in [0.05, 0.1) is 0 Å². The van der Waals surface area contributed by atoms with Gasteiger partial charge >= 0.3 is 6.09 Å². The second kappa shape index (κ2) is 10.3. The van der Waals surface area contributed by atoms with Crippen LogP contribution in [0.2, 0.25) is 0 Å². The zero-order chi connectivity index (χ0) is 21.5. The van der Waals surface area contributed by atoms with E-state index in [1.165, 1.54) is 17.0 Å². The van der Waals surface area contributed by atoms with Crippen LogP contribution in [-0.4, -0.2) is 41.8 Å². The summed E-state index contributed by atoms with van der Waals surface area (Å²) in [5.74, 6) is 1.12. The van der Waals surface area contributed by atoms with Gasteiger partial charge in [-0.25, -0.2) is 9.18 Å². The van der Waals surface area contributed by atoms with Crippen molar-refractivity contribution in [2.45, 2.75) is 45.8 Å². The summed E-state index contributed by atoms with van der Waals surface area (Å²) < 4.78 is 18.9. The molecule has 1 aliphatic rings. The minimum Gasteiger partial charge on any atom is -0.489 e. The van der Waals surface area contributed by atoms with Crippen molar-refractivity contribution < 1.29 is 19.0 Å². The number of anilines is 1. The number of ether oxygens (including phenoxy) is 1. The predicted octanol–water partition coefficient (Wildman–Crippen LogP) is 5.40. The molecular formula is C24H31FN2O3. The van der Waals surface area contributed by atoms with Crippen LogP contribution in [-0.2, 0) is 6.61 Å². The second-order valence-electron chi connectivity index (χ2n) is 8.29. The first kappa shape index (κ1) is 21.9. The van der Waals surface area contributed by atoms with Gasteiger partial charge in [-0.05, 0) is 67.1 Å². The Morgan fingerprint density at radius 1 is 1.13 bits per heavy atom. The molecule has 5 nitrogen and oxygen atoms in total. The Morgan fingerprint density at radius 2 is 1.77 bits per heavy atom. The zero-order valence-corrected chi connectivity index (χ0v) is 17.8. The summed E-state index contributed by atoms with van der Waals surface area (Å²) in [5, 5.41) is 9.21. The summed E-state index contributed by atoms with van der Waals surface area (Å²) >= 11 is 0. The van der Waals surface area contributed by atoms with E-state index < -0.39 is 6.09 Å². The molecular weight excluding hydrogens is 383 g/mol. The largest absolute Gasteiger partial charge is 0.489 e. The summed E-state index contributed by atoms with van der Waals surface area (Å²) in [7, 11) is 0. The molecule has 0 aliphatic carbocycles. The summed E-state index contributed by atoms with van der Waals surface area (Å²) in [5.41, 5.74) is 2.06. The van der Waals surface area contributed by atoms with Gasteiger partial charge in [0.25, 0.3) is 0 Å². The van der Waals surface area contributed by atoms with Crippen molar-refractivity contribution in [3.63, 3.8) is 0 Å².